The average Bonchev–Trinajstić information content (AvgIpc) is 3.44. The van der Waals surface area contributed by atoms with Gasteiger partial charge >= 0.3 is 5.97 Å². The van der Waals surface area contributed by atoms with E-state index >= 15 is 0 Å². The Morgan fingerprint density at radius 3 is 2.44 bits per heavy atom. The van der Waals surface area contributed by atoms with Crippen LogP contribution in [0.25, 0.3) is 0 Å². The van der Waals surface area contributed by atoms with Crippen molar-refractivity contribution in [1.29, 1.82) is 0 Å². The molecule has 1 N–H and O–H groups in total. The first-order valence-electron chi connectivity index (χ1n) is 13.2. The molecule has 2 atom stereocenters. The molecular formula is C30H32N2O7. The van der Waals surface area contributed by atoms with Crippen molar-refractivity contribution in [2.45, 2.75) is 63.4 Å². The topological polar surface area (TPSA) is 117 Å². The van der Waals surface area contributed by atoms with Crippen LogP contribution < -0.4 is 14.8 Å². The number of carbonyl (C=O) groups is 2. The van der Waals surface area contributed by atoms with E-state index in [-0.39, 0.29) is 29.9 Å². The molecule has 0 amide bonds. The zero-order valence-corrected chi connectivity index (χ0v) is 22.3. The summed E-state index contributed by atoms with van der Waals surface area (Å²) in [4.78, 5) is 38.5. The number of ether oxygens (including phenoxy) is 3. The quantitative estimate of drug-likeness (QED) is 0.284. The maximum atomic E-state index is 13.8. The number of hydrogen-bond donors (Lipinski definition) is 1. The first-order valence-corrected chi connectivity index (χ1v) is 13.2. The largest absolute Gasteiger partial charge is 0.493 e. The van der Waals surface area contributed by atoms with Crippen molar-refractivity contribution in [3.05, 3.63) is 86.2 Å². The second kappa shape index (κ2) is 10.9. The van der Waals surface area contributed by atoms with E-state index in [0.717, 1.165) is 36.9 Å². The predicted molar refractivity (Wildman–Crippen MR) is 144 cm³/mol. The normalized spacial score (nSPS) is 21.4. The van der Waals surface area contributed by atoms with E-state index in [1.54, 1.807) is 33.3 Å². The number of esters is 1. The lowest BCUT2D eigenvalue weighted by Gasteiger charge is -2.37. The molecule has 204 valence electrons. The fourth-order valence-electron chi connectivity index (χ4n) is 6.02. The summed E-state index contributed by atoms with van der Waals surface area (Å²) in [5.74, 6) is -0.276. The first-order chi connectivity index (χ1) is 18.8. The van der Waals surface area contributed by atoms with Crippen LogP contribution in [0.3, 0.4) is 0 Å². The summed E-state index contributed by atoms with van der Waals surface area (Å²) in [5, 5.41) is 14.9. The van der Waals surface area contributed by atoms with Crippen LogP contribution in [-0.2, 0) is 14.3 Å². The van der Waals surface area contributed by atoms with Crippen molar-refractivity contribution < 1.29 is 28.7 Å². The number of ketones is 1. The summed E-state index contributed by atoms with van der Waals surface area (Å²) in [6, 6.07) is 11.8. The first kappa shape index (κ1) is 26.5. The predicted octanol–water partition coefficient (Wildman–Crippen LogP) is 5.46. The second-order valence-corrected chi connectivity index (χ2v) is 10.3. The van der Waals surface area contributed by atoms with E-state index < -0.39 is 16.8 Å². The van der Waals surface area contributed by atoms with Gasteiger partial charge in [0.25, 0.3) is 5.69 Å². The molecule has 0 bridgehead atoms. The lowest BCUT2D eigenvalue weighted by atomic mass is 9.71. The highest BCUT2D eigenvalue weighted by Gasteiger charge is 2.42. The molecule has 9 nitrogen and oxygen atoms in total. The van der Waals surface area contributed by atoms with E-state index in [0.29, 0.717) is 40.3 Å². The molecule has 0 spiro atoms. The maximum absolute atomic E-state index is 13.8. The van der Waals surface area contributed by atoms with Gasteiger partial charge in [-0.3, -0.25) is 14.9 Å². The van der Waals surface area contributed by atoms with E-state index in [9.17, 15) is 19.7 Å². The lowest BCUT2D eigenvalue weighted by molar-refractivity contribution is -0.384. The van der Waals surface area contributed by atoms with Gasteiger partial charge in [0, 0.05) is 41.4 Å². The van der Waals surface area contributed by atoms with Crippen molar-refractivity contribution in [2.75, 3.05) is 14.2 Å². The summed E-state index contributed by atoms with van der Waals surface area (Å²) in [6.07, 6.45) is 4.24. The van der Waals surface area contributed by atoms with E-state index in [2.05, 4.69) is 5.32 Å². The summed E-state index contributed by atoms with van der Waals surface area (Å²) in [6.45, 7) is 1.80. The molecule has 1 saturated carbocycles. The molecule has 1 fully saturated rings. The second-order valence-electron chi connectivity index (χ2n) is 10.3. The monoisotopic (exact) mass is 532 g/mol. The summed E-state index contributed by atoms with van der Waals surface area (Å²) in [7, 11) is 3.14. The molecule has 0 saturated heterocycles. The molecule has 2 aromatic rings. The number of methoxy groups -OCH3 is 2. The van der Waals surface area contributed by atoms with Gasteiger partial charge in [0.2, 0.25) is 0 Å². The molecule has 39 heavy (non-hydrogen) atoms. The minimum absolute atomic E-state index is 0.0965. The molecule has 3 aliphatic rings. The molecule has 2 aliphatic carbocycles. The lowest BCUT2D eigenvalue weighted by Crippen LogP contribution is -2.36. The maximum Gasteiger partial charge on any atom is 0.337 e. The summed E-state index contributed by atoms with van der Waals surface area (Å²) < 4.78 is 16.7. The van der Waals surface area contributed by atoms with Gasteiger partial charge in [0.1, 0.15) is 6.10 Å². The minimum Gasteiger partial charge on any atom is -0.493 e. The molecule has 0 aromatic heterocycles. The Morgan fingerprint density at radius 2 is 1.74 bits per heavy atom. The van der Waals surface area contributed by atoms with Crippen LogP contribution in [0.2, 0.25) is 0 Å². The van der Waals surface area contributed by atoms with Crippen LogP contribution in [-0.4, -0.2) is 37.0 Å². The highest BCUT2D eigenvalue weighted by atomic mass is 16.6. The number of dihydropyridines is 1. The van der Waals surface area contributed by atoms with Crippen LogP contribution in [0.4, 0.5) is 5.69 Å². The van der Waals surface area contributed by atoms with Crippen molar-refractivity contribution in [1.82, 2.24) is 5.32 Å². The van der Waals surface area contributed by atoms with Crippen molar-refractivity contribution >= 4 is 17.4 Å². The van der Waals surface area contributed by atoms with E-state index in [4.69, 9.17) is 14.2 Å². The molecule has 0 radical (unpaired) electrons. The third-order valence-corrected chi connectivity index (χ3v) is 7.92. The standard InChI is InChI=1S/C30H32N2O7/c1-17-27(30(34)39-22-9-4-5-10-22)28(19-7-6-8-21(13-19)32(35)36)29-23(31-17)14-20(15-24(29)33)18-11-12-25(37-2)26(16-18)38-3/h6-8,11-13,16,20,22,28,31H,4-5,9-10,14-15H2,1-3H3/t20-,28+/m0/s1. The Labute approximate surface area is 227 Å². The number of carbonyl (C=O) groups excluding carboxylic acids is 2. The number of Topliss-reactive ketones (excluding diaryl/α,β-unsaturated/α-hetero) is 1. The third kappa shape index (κ3) is 5.13. The molecule has 5 rings (SSSR count). The number of nitrogens with one attached hydrogen (secondary N) is 1. The number of benzene rings is 2. The zero-order valence-electron chi connectivity index (χ0n) is 22.3. The van der Waals surface area contributed by atoms with Gasteiger partial charge in [-0.15, -0.1) is 0 Å². The Bertz CT molecular complexity index is 1390. The number of rotatable bonds is 7. The highest BCUT2D eigenvalue weighted by molar-refractivity contribution is 6.04. The fraction of sp³-hybridized carbons (Fsp3) is 0.400. The Hall–Kier alpha value is -4.14. The van der Waals surface area contributed by atoms with Gasteiger partial charge in [-0.1, -0.05) is 18.2 Å². The smallest absolute Gasteiger partial charge is 0.337 e. The van der Waals surface area contributed by atoms with Crippen molar-refractivity contribution in [3.63, 3.8) is 0 Å². The van der Waals surface area contributed by atoms with Crippen LogP contribution in [0.1, 0.15) is 68.4 Å². The number of nitro groups is 1. The van der Waals surface area contributed by atoms with Gasteiger partial charge < -0.3 is 19.5 Å². The number of nitro benzene ring substituents is 1. The summed E-state index contributed by atoms with van der Waals surface area (Å²) in [5.41, 5.74) is 3.48. The van der Waals surface area contributed by atoms with Crippen LogP contribution in [0.5, 0.6) is 11.5 Å². The van der Waals surface area contributed by atoms with Gasteiger partial charge in [0.15, 0.2) is 17.3 Å². The van der Waals surface area contributed by atoms with Gasteiger partial charge in [-0.2, -0.15) is 0 Å². The molecule has 1 aliphatic heterocycles. The van der Waals surface area contributed by atoms with Crippen LogP contribution in [0, 0.1) is 10.1 Å². The van der Waals surface area contributed by atoms with Gasteiger partial charge in [-0.05, 0) is 68.2 Å². The van der Waals surface area contributed by atoms with Gasteiger partial charge in [-0.25, -0.2) is 4.79 Å². The van der Waals surface area contributed by atoms with E-state index in [1.165, 1.54) is 12.1 Å². The highest BCUT2D eigenvalue weighted by Crippen LogP contribution is 2.47. The number of non-ortho nitro benzene ring substituents is 1. The Balaban J connectivity index is 1.55. The zero-order chi connectivity index (χ0) is 27.7. The van der Waals surface area contributed by atoms with Crippen LogP contribution >= 0.6 is 0 Å². The van der Waals surface area contributed by atoms with Crippen LogP contribution in [0.15, 0.2) is 65.0 Å². The number of allylic oxidation sites excluding steroid dienone is 3. The Morgan fingerprint density at radius 1 is 1.00 bits per heavy atom. The van der Waals surface area contributed by atoms with Gasteiger partial charge in [0.05, 0.1) is 24.7 Å². The van der Waals surface area contributed by atoms with Crippen molar-refractivity contribution in [3.8, 4) is 11.5 Å². The molecule has 9 heteroatoms. The fourth-order valence-corrected chi connectivity index (χ4v) is 6.02. The molecular weight excluding hydrogens is 500 g/mol. The van der Waals surface area contributed by atoms with Crippen molar-refractivity contribution in [2.24, 2.45) is 0 Å². The third-order valence-electron chi connectivity index (χ3n) is 7.92. The molecule has 2 aromatic carbocycles. The number of hydrogen-bond acceptors (Lipinski definition) is 8. The SMILES string of the molecule is COc1ccc([C@@H]2CC(=O)C3=C(C2)NC(C)=C(C(=O)OC2CCCC2)[C@H]3c2cccc([N+](=O)[O-])c2)cc1OC. The molecule has 1 heterocycles. The average molecular weight is 533 g/mol. The van der Waals surface area contributed by atoms with E-state index in [1.807, 2.05) is 18.2 Å². The Kier molecular flexibility index (Phi) is 7.41. The number of nitrogens with zero attached hydrogens (tertiary/aromatic N) is 1. The minimum atomic E-state index is -0.756. The molecule has 0 unspecified atom stereocenters. The summed E-state index contributed by atoms with van der Waals surface area (Å²) >= 11 is 0.